The number of benzene rings is 1. The van der Waals surface area contributed by atoms with Gasteiger partial charge < -0.3 is 15.1 Å². The van der Waals surface area contributed by atoms with Crippen molar-refractivity contribution < 1.29 is 18.0 Å². The lowest BCUT2D eigenvalue weighted by Crippen LogP contribution is -2.45. The van der Waals surface area contributed by atoms with Crippen LogP contribution in [0.4, 0.5) is 19.0 Å². The zero-order chi connectivity index (χ0) is 26.0. The number of amides is 1. The van der Waals surface area contributed by atoms with E-state index in [4.69, 9.17) is 0 Å². The van der Waals surface area contributed by atoms with Crippen LogP contribution in [-0.4, -0.2) is 59.2 Å². The monoisotopic (exact) mass is 518 g/mol. The molecule has 192 valence electrons. The molecule has 1 saturated heterocycles. The molecule has 1 N–H and O–H groups in total. The molecule has 0 saturated carbocycles. The minimum absolute atomic E-state index is 0.229. The first kappa shape index (κ1) is 26.0. The van der Waals surface area contributed by atoms with E-state index in [0.717, 1.165) is 39.5 Å². The molecule has 1 fully saturated rings. The van der Waals surface area contributed by atoms with Crippen molar-refractivity contribution in [1.82, 2.24) is 25.4 Å². The van der Waals surface area contributed by atoms with Crippen molar-refractivity contribution in [1.29, 1.82) is 0 Å². The number of hydrogen-bond acceptors (Lipinski definition) is 7. The number of hydrogen-bond donors (Lipinski definition) is 1. The van der Waals surface area contributed by atoms with E-state index in [1.807, 2.05) is 44.2 Å². The highest BCUT2D eigenvalue weighted by molar-refractivity contribution is 7.13. The van der Waals surface area contributed by atoms with Gasteiger partial charge in [-0.25, -0.2) is 4.98 Å². The lowest BCUT2D eigenvalue weighted by Gasteiger charge is -2.34. The van der Waals surface area contributed by atoms with Gasteiger partial charge in [0.15, 0.2) is 11.5 Å². The fourth-order valence-corrected chi connectivity index (χ4v) is 5.40. The topological polar surface area (TPSA) is 74.2 Å². The van der Waals surface area contributed by atoms with Crippen LogP contribution in [0, 0.1) is 13.8 Å². The second-order valence-corrected chi connectivity index (χ2v) is 10.3. The van der Waals surface area contributed by atoms with Crippen LogP contribution in [0.5, 0.6) is 0 Å². The summed E-state index contributed by atoms with van der Waals surface area (Å²) in [6.07, 6.45) is -3.49. The molecule has 36 heavy (non-hydrogen) atoms. The number of nitrogens with zero attached hydrogens (tertiary/aromatic N) is 5. The molecular formula is C25H29F3N6OS. The molecule has 0 radical (unpaired) electrons. The average Bonchev–Trinajstić information content (AvgIpc) is 3.26. The third-order valence-corrected chi connectivity index (χ3v) is 7.31. The Labute approximate surface area is 212 Å². The third kappa shape index (κ3) is 5.67. The largest absolute Gasteiger partial charge is 0.435 e. The first-order chi connectivity index (χ1) is 17.0. The standard InChI is InChI=1S/C25H29F3N6OS/c1-15-16(2)23(32-31-20(15)17-8-6-5-7-9-17)34-12-10-18(11-13-34)29-24(35)21-22(25(26,27)28)30-19(36-21)14-33(3)4/h5-9,18H,10-14H2,1-4H3,(H,29,35). The minimum atomic E-state index is -4.68. The summed E-state index contributed by atoms with van der Waals surface area (Å²) in [7, 11) is 3.48. The third-order valence-electron chi connectivity index (χ3n) is 6.27. The number of nitrogens with one attached hydrogen (secondary N) is 1. The Hall–Kier alpha value is -3.05. The molecule has 7 nitrogen and oxygen atoms in total. The molecular weight excluding hydrogens is 489 g/mol. The van der Waals surface area contributed by atoms with Gasteiger partial charge in [-0.05, 0) is 51.9 Å². The molecule has 0 bridgehead atoms. The number of aromatic nitrogens is 3. The molecule has 0 aliphatic carbocycles. The molecule has 1 aliphatic heterocycles. The van der Waals surface area contributed by atoms with Crippen LogP contribution < -0.4 is 10.2 Å². The predicted molar refractivity (Wildman–Crippen MR) is 134 cm³/mol. The Morgan fingerprint density at radius 3 is 2.39 bits per heavy atom. The lowest BCUT2D eigenvalue weighted by molar-refractivity contribution is -0.141. The Bertz CT molecular complexity index is 1220. The summed E-state index contributed by atoms with van der Waals surface area (Å²) in [6.45, 7) is 5.52. The molecule has 1 aromatic carbocycles. The summed E-state index contributed by atoms with van der Waals surface area (Å²) in [5.41, 5.74) is 2.84. The van der Waals surface area contributed by atoms with Gasteiger partial charge in [-0.2, -0.15) is 13.2 Å². The van der Waals surface area contributed by atoms with E-state index in [1.54, 1.807) is 19.0 Å². The number of piperidine rings is 1. The Morgan fingerprint density at radius 1 is 1.11 bits per heavy atom. The molecule has 3 heterocycles. The molecule has 1 aliphatic rings. The summed E-state index contributed by atoms with van der Waals surface area (Å²) >= 11 is 0.798. The fourth-order valence-electron chi connectivity index (χ4n) is 4.30. The van der Waals surface area contributed by atoms with Gasteiger partial charge in [-0.3, -0.25) is 4.79 Å². The SMILES string of the molecule is Cc1c(-c2ccccc2)nnc(N2CCC(NC(=O)c3sc(CN(C)C)nc3C(F)(F)F)CC2)c1C. The van der Waals surface area contributed by atoms with Crippen molar-refractivity contribution in [3.8, 4) is 11.3 Å². The van der Waals surface area contributed by atoms with Gasteiger partial charge in [-0.1, -0.05) is 30.3 Å². The van der Waals surface area contributed by atoms with Crippen molar-refractivity contribution in [2.24, 2.45) is 0 Å². The van der Waals surface area contributed by atoms with Crippen LogP contribution in [0.15, 0.2) is 30.3 Å². The average molecular weight is 519 g/mol. The second-order valence-electron chi connectivity index (χ2n) is 9.24. The van der Waals surface area contributed by atoms with Crippen LogP contribution in [0.1, 0.15) is 44.3 Å². The van der Waals surface area contributed by atoms with Crippen LogP contribution in [0.3, 0.4) is 0 Å². The van der Waals surface area contributed by atoms with Crippen molar-refractivity contribution in [2.45, 2.75) is 45.5 Å². The second kappa shape index (κ2) is 10.5. The fraction of sp³-hybridized carbons (Fsp3) is 0.440. The molecule has 0 atom stereocenters. The van der Waals surface area contributed by atoms with Crippen LogP contribution in [0.25, 0.3) is 11.3 Å². The number of rotatable bonds is 6. The molecule has 0 unspecified atom stereocenters. The predicted octanol–water partition coefficient (Wildman–Crippen LogP) is 4.70. The van der Waals surface area contributed by atoms with Gasteiger partial charge in [0.1, 0.15) is 9.88 Å². The van der Waals surface area contributed by atoms with E-state index in [-0.39, 0.29) is 22.5 Å². The Morgan fingerprint density at radius 2 is 1.78 bits per heavy atom. The van der Waals surface area contributed by atoms with Crippen LogP contribution in [0.2, 0.25) is 0 Å². The first-order valence-corrected chi connectivity index (χ1v) is 12.5. The van der Waals surface area contributed by atoms with Gasteiger partial charge in [0.05, 0.1) is 5.69 Å². The maximum atomic E-state index is 13.5. The van der Waals surface area contributed by atoms with Crippen LogP contribution >= 0.6 is 11.3 Å². The van der Waals surface area contributed by atoms with Crippen molar-refractivity contribution in [3.63, 3.8) is 0 Å². The van der Waals surface area contributed by atoms with Gasteiger partial charge in [0.25, 0.3) is 5.91 Å². The minimum Gasteiger partial charge on any atom is -0.355 e. The molecule has 4 rings (SSSR count). The summed E-state index contributed by atoms with van der Waals surface area (Å²) in [4.78, 5) is 20.0. The first-order valence-electron chi connectivity index (χ1n) is 11.7. The summed E-state index contributed by atoms with van der Waals surface area (Å²) < 4.78 is 40.5. The maximum absolute atomic E-state index is 13.5. The van der Waals surface area contributed by atoms with E-state index in [1.165, 1.54) is 0 Å². The number of carbonyl (C=O) groups is 1. The maximum Gasteiger partial charge on any atom is 0.435 e. The zero-order valence-corrected chi connectivity index (χ0v) is 21.5. The number of anilines is 1. The Balaban J connectivity index is 1.43. The number of alkyl halides is 3. The smallest absolute Gasteiger partial charge is 0.355 e. The number of carbonyl (C=O) groups excluding carboxylic acids is 1. The molecule has 3 aromatic rings. The number of thiazole rings is 1. The van der Waals surface area contributed by atoms with Gasteiger partial charge in [0.2, 0.25) is 0 Å². The van der Waals surface area contributed by atoms with E-state index >= 15 is 0 Å². The van der Waals surface area contributed by atoms with Crippen LogP contribution in [-0.2, 0) is 12.7 Å². The normalized spacial score (nSPS) is 14.9. The van der Waals surface area contributed by atoms with E-state index in [0.29, 0.717) is 25.9 Å². The highest BCUT2D eigenvalue weighted by Gasteiger charge is 2.40. The molecule has 1 amide bonds. The molecule has 2 aromatic heterocycles. The summed E-state index contributed by atoms with van der Waals surface area (Å²) in [5, 5.41) is 12.0. The van der Waals surface area contributed by atoms with Gasteiger partial charge in [0, 0.05) is 31.2 Å². The van der Waals surface area contributed by atoms with E-state index < -0.39 is 17.8 Å². The lowest BCUT2D eigenvalue weighted by atomic mass is 10.0. The zero-order valence-electron chi connectivity index (χ0n) is 20.7. The summed E-state index contributed by atoms with van der Waals surface area (Å²) in [5.74, 6) is 0.0782. The van der Waals surface area contributed by atoms with Crippen molar-refractivity contribution >= 4 is 23.1 Å². The van der Waals surface area contributed by atoms with Gasteiger partial charge >= 0.3 is 6.18 Å². The highest BCUT2D eigenvalue weighted by atomic mass is 32.1. The molecule has 11 heteroatoms. The quantitative estimate of drug-likeness (QED) is 0.510. The van der Waals surface area contributed by atoms with Crippen molar-refractivity contribution in [3.05, 3.63) is 57.0 Å². The highest BCUT2D eigenvalue weighted by Crippen LogP contribution is 2.35. The van der Waals surface area contributed by atoms with E-state index in [9.17, 15) is 18.0 Å². The summed E-state index contributed by atoms with van der Waals surface area (Å²) in [6, 6.07) is 9.66. The van der Waals surface area contributed by atoms with E-state index in [2.05, 4.69) is 25.4 Å². The van der Waals surface area contributed by atoms with Gasteiger partial charge in [-0.15, -0.1) is 21.5 Å². The van der Waals surface area contributed by atoms with Crippen molar-refractivity contribution in [2.75, 3.05) is 32.1 Å². The number of halogens is 3. The molecule has 0 spiro atoms. The Kier molecular flexibility index (Phi) is 7.60.